The highest BCUT2D eigenvalue weighted by atomic mass is 32.3. The van der Waals surface area contributed by atoms with Crippen molar-refractivity contribution in [3.05, 3.63) is 148 Å². The maximum atomic E-state index is 15.8. The lowest BCUT2D eigenvalue weighted by Gasteiger charge is -2.22. The highest BCUT2D eigenvalue weighted by Crippen LogP contribution is 2.45. The molecule has 74 heavy (non-hydrogen) atoms. The molecule has 392 valence electrons. The number of nitrogens with one attached hydrogen (secondary N) is 3. The first-order chi connectivity index (χ1) is 34.8. The number of amides is 1. The highest BCUT2D eigenvalue weighted by molar-refractivity contribution is 8.04. The molecule has 2 aliphatic rings. The molecule has 0 unspecified atom stereocenters. The zero-order valence-electron chi connectivity index (χ0n) is 43.3. The standard InChI is InChI=1S/C57H62F4N4O6S3/c1-12-57(10,11)56(66)62-27-28-72-54-48(58)50(60)55(51(61)49(54)59)74(69,70)65-73(67,68)46-22-14-13-17-43(46)47-41-25-23-35(63-52-37(31(2)3)18-15-19-38(52)32(4)5)29-44(41)71-45-30-36(24-26-42(45)47)64-53-39(33(6)7)20-16-21-40(53)34(8)9/h13-26,29-34,63,65H,12,27-28H2,1-11H3,(H,62,66). The Morgan fingerprint density at radius 3 is 1.81 bits per heavy atom. The molecule has 10 nitrogen and oxygen atoms in total. The van der Waals surface area contributed by atoms with E-state index in [0.717, 1.165) is 39.7 Å². The minimum atomic E-state index is -5.91. The molecule has 3 N–H and O–H groups in total. The van der Waals surface area contributed by atoms with Crippen molar-refractivity contribution in [3.8, 4) is 22.5 Å². The van der Waals surface area contributed by atoms with Gasteiger partial charge in [0.1, 0.15) is 11.3 Å². The van der Waals surface area contributed by atoms with Gasteiger partial charge in [-0.25, -0.2) is 39.4 Å². The van der Waals surface area contributed by atoms with Crippen LogP contribution in [0.25, 0.3) is 33.4 Å². The van der Waals surface area contributed by atoms with Crippen LogP contribution in [0.2, 0.25) is 0 Å². The Hall–Kier alpha value is -6.01. The number of anilines is 2. The van der Waals surface area contributed by atoms with E-state index in [-0.39, 0.29) is 53.2 Å². The summed E-state index contributed by atoms with van der Waals surface area (Å²) in [4.78, 5) is 13.6. The molecule has 17 heteroatoms. The number of fused-ring (bicyclic) bond motifs is 2. The lowest BCUT2D eigenvalue weighted by molar-refractivity contribution is -0.129. The van der Waals surface area contributed by atoms with E-state index in [1.165, 1.54) is 22.3 Å². The van der Waals surface area contributed by atoms with Gasteiger partial charge in [-0.15, -0.1) is 15.9 Å². The number of carbonyl (C=O) groups is 1. The second kappa shape index (κ2) is 22.1. The van der Waals surface area contributed by atoms with Crippen molar-refractivity contribution in [1.29, 1.82) is 0 Å². The Labute approximate surface area is 435 Å². The van der Waals surface area contributed by atoms with Crippen LogP contribution < -0.4 is 20.1 Å². The van der Waals surface area contributed by atoms with Crippen LogP contribution in [0.4, 0.5) is 34.6 Å². The molecule has 0 bridgehead atoms. The number of sulfonamides is 2. The fourth-order valence-electron chi connectivity index (χ4n) is 8.74. The van der Waals surface area contributed by atoms with E-state index in [1.807, 2.05) is 30.3 Å². The molecule has 1 aliphatic carbocycles. The van der Waals surface area contributed by atoms with Crippen molar-refractivity contribution in [2.45, 2.75) is 121 Å². The van der Waals surface area contributed by atoms with Gasteiger partial charge in [0.25, 0.3) is 20.0 Å². The van der Waals surface area contributed by atoms with Crippen LogP contribution in [0.1, 0.15) is 129 Å². The number of nitrogens with zero attached hydrogens (tertiary/aromatic N) is 1. The number of hydrogen-bond acceptors (Lipinski definition) is 9. The van der Waals surface area contributed by atoms with Crippen LogP contribution in [0.5, 0.6) is 0 Å². The van der Waals surface area contributed by atoms with Gasteiger partial charge in [0.05, 0.1) is 20.8 Å². The Morgan fingerprint density at radius 1 is 0.676 bits per heavy atom. The molecular formula is C57H62F4N4O6S3. The molecule has 1 heterocycles. The maximum Gasteiger partial charge on any atom is 0.259 e. The molecule has 1 amide bonds. The highest BCUT2D eigenvalue weighted by Gasteiger charge is 2.37. The third-order valence-electron chi connectivity index (χ3n) is 13.2. The Kier molecular flexibility index (Phi) is 16.6. The topological polar surface area (TPSA) is 147 Å². The zero-order valence-corrected chi connectivity index (χ0v) is 45.8. The molecule has 0 saturated carbocycles. The molecule has 0 aromatic heterocycles. The number of para-hydroxylation sites is 2. The van der Waals surface area contributed by atoms with Crippen LogP contribution in [-0.4, -0.2) is 35.0 Å². The van der Waals surface area contributed by atoms with Gasteiger partial charge in [-0.3, -0.25) is 4.79 Å². The number of rotatable bonds is 18. The second-order valence-electron chi connectivity index (χ2n) is 20.2. The van der Waals surface area contributed by atoms with Crippen molar-refractivity contribution < 1.29 is 43.6 Å². The average Bonchev–Trinajstić information content (AvgIpc) is 3.34. The molecule has 7 rings (SSSR count). The van der Waals surface area contributed by atoms with E-state index in [4.69, 9.17) is 9.41 Å². The summed E-state index contributed by atoms with van der Waals surface area (Å²) in [5.41, 5.74) is 6.89. The van der Waals surface area contributed by atoms with Gasteiger partial charge in [0, 0.05) is 63.3 Å². The zero-order chi connectivity index (χ0) is 54.2. The molecule has 1 aliphatic heterocycles. The first-order valence-electron chi connectivity index (χ1n) is 24.5. The second-order valence-corrected chi connectivity index (χ2v) is 24.8. The van der Waals surface area contributed by atoms with Crippen molar-refractivity contribution in [2.75, 3.05) is 17.6 Å². The van der Waals surface area contributed by atoms with E-state index in [2.05, 4.69) is 78.2 Å². The molecule has 0 fully saturated rings. The minimum Gasteiger partial charge on any atom is -0.456 e. The molecule has 5 aromatic rings. The smallest absolute Gasteiger partial charge is 0.259 e. The summed E-state index contributed by atoms with van der Waals surface area (Å²) in [5, 5.41) is 7.16. The summed E-state index contributed by atoms with van der Waals surface area (Å²) < 4.78 is 128. The van der Waals surface area contributed by atoms with Gasteiger partial charge in [-0.2, -0.15) is 0 Å². The van der Waals surface area contributed by atoms with Gasteiger partial charge in [-0.1, -0.05) is 131 Å². The van der Waals surface area contributed by atoms with Crippen molar-refractivity contribution in [2.24, 2.45) is 10.4 Å². The summed E-state index contributed by atoms with van der Waals surface area (Å²) in [6.07, 6.45) is 0.492. The molecule has 0 atom stereocenters. The molecule has 0 spiro atoms. The van der Waals surface area contributed by atoms with Gasteiger partial charge >= 0.3 is 0 Å². The number of hydrogen-bond donors (Lipinski definition) is 3. The fraction of sp³-hybridized carbons (Fsp3) is 0.333. The van der Waals surface area contributed by atoms with Gasteiger partial charge in [0.2, 0.25) is 5.91 Å². The van der Waals surface area contributed by atoms with E-state index < -0.39 is 63.4 Å². The summed E-state index contributed by atoms with van der Waals surface area (Å²) in [6.45, 7) is 21.8. The van der Waals surface area contributed by atoms with E-state index >= 15 is 17.6 Å². The quantitative estimate of drug-likeness (QED) is 0.0253. The van der Waals surface area contributed by atoms with Crippen LogP contribution in [-0.2, 0) is 24.8 Å². The Morgan fingerprint density at radius 2 is 1.24 bits per heavy atom. The van der Waals surface area contributed by atoms with E-state index in [9.17, 15) is 21.6 Å². The van der Waals surface area contributed by atoms with Crippen LogP contribution in [0.15, 0.2) is 121 Å². The first-order valence-corrected chi connectivity index (χ1v) is 28.5. The first kappa shape index (κ1) is 55.7. The van der Waals surface area contributed by atoms with Crippen molar-refractivity contribution >= 4 is 65.7 Å². The fourth-order valence-corrected chi connectivity index (χ4v) is 12.8. The molecule has 0 saturated heterocycles. The Bertz CT molecular complexity index is 3480. The summed E-state index contributed by atoms with van der Waals surface area (Å²) in [6, 6.07) is 28.3. The summed E-state index contributed by atoms with van der Waals surface area (Å²) >= 11 is 0.306. The monoisotopic (exact) mass is 1070 g/mol. The Balaban J connectivity index is 1.37. The SMILES string of the molecule is CCC(C)(C)C(=O)NCCSc1c(F)c(F)c(S(=O)(=O)NS(=O)(=O)c2ccccc2-c2c3ccc(=Nc4c(C(C)C)cccc4C(C)C)cc-3oc3cc(Nc4c(C(C)C)cccc4C(C)C)ccc23)c(F)c1F. The third kappa shape index (κ3) is 11.3. The summed E-state index contributed by atoms with van der Waals surface area (Å²) in [7, 11) is -11.3. The predicted molar refractivity (Wildman–Crippen MR) is 288 cm³/mol. The predicted octanol–water partition coefficient (Wildman–Crippen LogP) is 14.5. The molecular weight excluding hydrogens is 1010 g/mol. The molecule has 5 aromatic carbocycles. The average molecular weight is 1070 g/mol. The lowest BCUT2D eigenvalue weighted by Crippen LogP contribution is -2.37. The largest absolute Gasteiger partial charge is 0.456 e. The maximum absolute atomic E-state index is 15.8. The number of halogens is 4. The van der Waals surface area contributed by atoms with Crippen LogP contribution in [0.3, 0.4) is 0 Å². The van der Waals surface area contributed by atoms with E-state index in [0.29, 0.717) is 51.3 Å². The van der Waals surface area contributed by atoms with Crippen LogP contribution >= 0.6 is 11.8 Å². The number of thioether (sulfide) groups is 1. The van der Waals surface area contributed by atoms with Gasteiger partial charge in [0.15, 0.2) is 28.2 Å². The normalized spacial score (nSPS) is 12.8. The number of carbonyl (C=O) groups excluding carboxylic acids is 1. The lowest BCUT2D eigenvalue weighted by atomic mass is 9.89. The van der Waals surface area contributed by atoms with Gasteiger partial charge < -0.3 is 15.1 Å². The summed E-state index contributed by atoms with van der Waals surface area (Å²) in [5.74, 6) is -8.45. The minimum absolute atomic E-state index is 0.0367. The molecule has 0 radical (unpaired) electrons. The third-order valence-corrected chi connectivity index (χ3v) is 17.8. The van der Waals surface area contributed by atoms with Gasteiger partial charge in [-0.05, 0) is 82.7 Å². The van der Waals surface area contributed by atoms with Crippen molar-refractivity contribution in [3.63, 3.8) is 0 Å². The number of benzene rings is 6. The van der Waals surface area contributed by atoms with E-state index in [1.54, 1.807) is 51.1 Å². The van der Waals surface area contributed by atoms with Crippen molar-refractivity contribution in [1.82, 2.24) is 9.44 Å². The van der Waals surface area contributed by atoms with Crippen LogP contribution in [0, 0.1) is 28.7 Å².